The molecule has 0 aliphatic heterocycles. The molecule has 1 N–H and O–H groups in total. The number of rotatable bonds is 4. The van der Waals surface area contributed by atoms with E-state index < -0.39 is 0 Å². The Morgan fingerprint density at radius 2 is 1.92 bits per heavy atom. The highest BCUT2D eigenvalue weighted by atomic mass is 35.5. The molecule has 122 valence electrons. The normalized spacial score (nSPS) is 10.8. The van der Waals surface area contributed by atoms with Gasteiger partial charge in [0.2, 0.25) is 0 Å². The first kappa shape index (κ1) is 16.6. The van der Waals surface area contributed by atoms with E-state index in [9.17, 15) is 4.79 Å². The fraction of sp³-hybridized carbons (Fsp3) is 0.167. The maximum atomic E-state index is 12.4. The molecule has 0 aliphatic carbocycles. The number of hydrogen-bond donors (Lipinski definition) is 1. The number of anilines is 1. The Kier molecular flexibility index (Phi) is 4.92. The number of nitrogens with zero attached hydrogens (tertiary/aromatic N) is 2. The van der Waals surface area contributed by atoms with Gasteiger partial charge in [0.1, 0.15) is 5.15 Å². The lowest BCUT2D eigenvalue weighted by Crippen LogP contribution is -2.12. The van der Waals surface area contributed by atoms with E-state index in [1.807, 2.05) is 30.3 Å². The average molecular weight is 358 g/mol. The lowest BCUT2D eigenvalue weighted by Gasteiger charge is -2.04. The molecule has 0 radical (unpaired) electrons. The fourth-order valence-corrected chi connectivity index (χ4v) is 3.49. The molecule has 0 spiro atoms. The Bertz CT molecular complexity index is 862. The van der Waals surface area contributed by atoms with Gasteiger partial charge in [-0.25, -0.2) is 9.97 Å². The van der Waals surface area contributed by atoms with Crippen molar-refractivity contribution in [3.05, 3.63) is 64.3 Å². The van der Waals surface area contributed by atoms with E-state index in [2.05, 4.69) is 29.1 Å². The van der Waals surface area contributed by atoms with Crippen LogP contribution in [0.5, 0.6) is 0 Å². The zero-order chi connectivity index (χ0) is 17.1. The maximum Gasteiger partial charge on any atom is 0.260 e. The largest absolute Gasteiger partial charge is 0.298 e. The van der Waals surface area contributed by atoms with Gasteiger partial charge >= 0.3 is 0 Å². The molecule has 3 rings (SSSR count). The summed E-state index contributed by atoms with van der Waals surface area (Å²) in [5.41, 5.74) is 2.28. The molecule has 0 bridgehead atoms. The average Bonchev–Trinajstić information content (AvgIpc) is 3.00. The summed E-state index contributed by atoms with van der Waals surface area (Å²) in [6, 6.07) is 13.3. The van der Waals surface area contributed by atoms with Crippen molar-refractivity contribution < 1.29 is 4.79 Å². The minimum absolute atomic E-state index is 0.180. The number of aromatic nitrogens is 2. The highest BCUT2D eigenvalue weighted by molar-refractivity contribution is 7.16. The van der Waals surface area contributed by atoms with E-state index in [0.717, 1.165) is 16.1 Å². The van der Waals surface area contributed by atoms with Gasteiger partial charge in [-0.2, -0.15) is 0 Å². The molecule has 0 atom stereocenters. The maximum absolute atomic E-state index is 12.4. The Hall–Kier alpha value is -2.24. The summed E-state index contributed by atoms with van der Waals surface area (Å²) in [4.78, 5) is 22.1. The molecule has 0 unspecified atom stereocenters. The summed E-state index contributed by atoms with van der Waals surface area (Å²) >= 11 is 7.46. The van der Waals surface area contributed by atoms with Gasteiger partial charge in [-0.15, -0.1) is 11.3 Å². The highest BCUT2D eigenvalue weighted by Crippen LogP contribution is 2.36. The second-order valence-corrected chi connectivity index (χ2v) is 6.94. The minimum atomic E-state index is -0.309. The molecule has 0 aliphatic rings. The number of benzene rings is 1. The summed E-state index contributed by atoms with van der Waals surface area (Å²) in [6.07, 6.45) is 1.55. The molecule has 0 saturated carbocycles. The van der Waals surface area contributed by atoms with E-state index in [1.54, 1.807) is 18.3 Å². The number of amides is 1. The van der Waals surface area contributed by atoms with Crippen molar-refractivity contribution >= 4 is 34.0 Å². The number of nitrogens with one attached hydrogen (secondary N) is 1. The topological polar surface area (TPSA) is 54.9 Å². The number of halogens is 1. The van der Waals surface area contributed by atoms with Gasteiger partial charge in [-0.3, -0.25) is 10.1 Å². The van der Waals surface area contributed by atoms with Gasteiger partial charge in [0, 0.05) is 16.6 Å². The molecular weight excluding hydrogens is 342 g/mol. The van der Waals surface area contributed by atoms with Gasteiger partial charge in [-0.1, -0.05) is 55.8 Å². The van der Waals surface area contributed by atoms with Gasteiger partial charge in [0.05, 0.1) is 11.3 Å². The van der Waals surface area contributed by atoms with Crippen molar-refractivity contribution in [3.63, 3.8) is 0 Å². The molecule has 4 nitrogen and oxygen atoms in total. The number of hydrogen-bond acceptors (Lipinski definition) is 4. The summed E-state index contributed by atoms with van der Waals surface area (Å²) < 4.78 is 0. The Balaban J connectivity index is 1.93. The predicted molar refractivity (Wildman–Crippen MR) is 98.8 cm³/mol. The third kappa shape index (κ3) is 3.47. The molecule has 24 heavy (non-hydrogen) atoms. The molecule has 1 amide bonds. The quantitative estimate of drug-likeness (QED) is 0.650. The summed E-state index contributed by atoms with van der Waals surface area (Å²) in [7, 11) is 0. The zero-order valence-corrected chi connectivity index (χ0v) is 14.9. The monoisotopic (exact) mass is 357 g/mol. The van der Waals surface area contributed by atoms with Gasteiger partial charge in [0.15, 0.2) is 5.13 Å². The van der Waals surface area contributed by atoms with Crippen LogP contribution in [0.3, 0.4) is 0 Å². The summed E-state index contributed by atoms with van der Waals surface area (Å²) in [5, 5.41) is 3.57. The zero-order valence-electron chi connectivity index (χ0n) is 13.3. The second kappa shape index (κ2) is 7.11. The van der Waals surface area contributed by atoms with Crippen molar-refractivity contribution in [1.82, 2.24) is 9.97 Å². The summed E-state index contributed by atoms with van der Waals surface area (Å²) in [6.45, 7) is 4.23. The van der Waals surface area contributed by atoms with Crippen molar-refractivity contribution in [2.75, 3.05) is 5.32 Å². The highest BCUT2D eigenvalue weighted by Gasteiger charge is 2.18. The van der Waals surface area contributed by atoms with Crippen LogP contribution in [-0.2, 0) is 0 Å². The van der Waals surface area contributed by atoms with Crippen molar-refractivity contribution in [3.8, 4) is 11.3 Å². The molecule has 2 aromatic heterocycles. The molecule has 2 heterocycles. The first-order valence-corrected chi connectivity index (χ1v) is 8.73. The lowest BCUT2D eigenvalue weighted by atomic mass is 10.1. The van der Waals surface area contributed by atoms with Crippen LogP contribution < -0.4 is 5.32 Å². The smallest absolute Gasteiger partial charge is 0.260 e. The van der Waals surface area contributed by atoms with E-state index >= 15 is 0 Å². The predicted octanol–water partition coefficient (Wildman–Crippen LogP) is 5.23. The van der Waals surface area contributed by atoms with Gasteiger partial charge < -0.3 is 0 Å². The molecule has 0 fully saturated rings. The molecule has 3 aromatic rings. The van der Waals surface area contributed by atoms with Gasteiger partial charge in [-0.05, 0) is 18.1 Å². The van der Waals surface area contributed by atoms with E-state index in [-0.39, 0.29) is 11.1 Å². The molecule has 1 aromatic carbocycles. The van der Waals surface area contributed by atoms with Crippen LogP contribution in [0, 0.1) is 0 Å². The molecule has 0 saturated heterocycles. The fourth-order valence-electron chi connectivity index (χ4n) is 2.30. The van der Waals surface area contributed by atoms with Crippen LogP contribution in [0.15, 0.2) is 48.7 Å². The third-order valence-corrected chi connectivity index (χ3v) is 5.02. The van der Waals surface area contributed by atoms with E-state index in [1.165, 1.54) is 11.3 Å². The summed E-state index contributed by atoms with van der Waals surface area (Å²) in [5.74, 6) is 0.00195. The third-order valence-electron chi connectivity index (χ3n) is 3.45. The first-order valence-electron chi connectivity index (χ1n) is 7.54. The van der Waals surface area contributed by atoms with Crippen LogP contribution >= 0.6 is 22.9 Å². The number of thiazole rings is 1. The van der Waals surface area contributed by atoms with E-state index in [4.69, 9.17) is 11.6 Å². The van der Waals surface area contributed by atoms with Crippen molar-refractivity contribution in [2.24, 2.45) is 0 Å². The van der Waals surface area contributed by atoms with Crippen molar-refractivity contribution in [2.45, 2.75) is 19.8 Å². The van der Waals surface area contributed by atoms with Crippen LogP contribution in [0.25, 0.3) is 11.3 Å². The lowest BCUT2D eigenvalue weighted by molar-refractivity contribution is 0.102. The van der Waals surface area contributed by atoms with E-state index in [0.29, 0.717) is 16.6 Å². The second-order valence-electron chi connectivity index (χ2n) is 5.55. The first-order chi connectivity index (χ1) is 11.6. The van der Waals surface area contributed by atoms with Crippen LogP contribution in [0.4, 0.5) is 5.13 Å². The number of carbonyl (C=O) groups is 1. The van der Waals surface area contributed by atoms with Crippen LogP contribution in [-0.4, -0.2) is 15.9 Å². The van der Waals surface area contributed by atoms with Crippen LogP contribution in [0.1, 0.15) is 35.0 Å². The molecular formula is C18H16ClN3OS. The molecule has 6 heteroatoms. The Labute approximate surface area is 149 Å². The standard InChI is InChI=1S/C18H16ClN3OS/c1-11(2)15-14(12-7-4-3-5-8-12)21-18(24-15)22-17(23)13-9-6-10-20-16(13)19/h3-11H,1-2H3,(H,21,22,23). The Morgan fingerprint density at radius 3 is 2.58 bits per heavy atom. The number of carbonyl (C=O) groups excluding carboxylic acids is 1. The van der Waals surface area contributed by atoms with Gasteiger partial charge in [0.25, 0.3) is 5.91 Å². The minimum Gasteiger partial charge on any atom is -0.298 e. The SMILES string of the molecule is CC(C)c1sc(NC(=O)c2cccnc2Cl)nc1-c1ccccc1. The Morgan fingerprint density at radius 1 is 1.17 bits per heavy atom. The van der Waals surface area contributed by atoms with Crippen LogP contribution in [0.2, 0.25) is 5.15 Å². The number of pyridine rings is 1. The van der Waals surface area contributed by atoms with Crippen molar-refractivity contribution in [1.29, 1.82) is 0 Å².